The predicted molar refractivity (Wildman–Crippen MR) is 172 cm³/mol. The van der Waals surface area contributed by atoms with Crippen LogP contribution in [0.15, 0.2) is 59.1 Å². The molecule has 8 nitrogen and oxygen atoms in total. The van der Waals surface area contributed by atoms with Gasteiger partial charge in [0.15, 0.2) is 6.61 Å². The lowest BCUT2D eigenvalue weighted by molar-refractivity contribution is -0.153. The number of rotatable bonds is 13. The van der Waals surface area contributed by atoms with Gasteiger partial charge in [0.2, 0.25) is 5.91 Å². The van der Waals surface area contributed by atoms with Crippen LogP contribution in [0.5, 0.6) is 5.75 Å². The molecule has 5 rings (SSSR count). The molecular formula is C35H40F4N4O4. The number of likely N-dealkylation sites (tertiary alicyclic amines) is 1. The van der Waals surface area contributed by atoms with E-state index in [2.05, 4.69) is 10.3 Å². The van der Waals surface area contributed by atoms with E-state index in [1.165, 1.54) is 30.5 Å². The van der Waals surface area contributed by atoms with Crippen molar-refractivity contribution < 1.29 is 36.6 Å². The van der Waals surface area contributed by atoms with Crippen molar-refractivity contribution in [3.63, 3.8) is 0 Å². The van der Waals surface area contributed by atoms with Crippen molar-refractivity contribution in [3.05, 3.63) is 76.6 Å². The Bertz CT molecular complexity index is 1510. The number of allylic oxidation sites excluding steroid dienone is 3. The molecule has 0 aromatic heterocycles. The third kappa shape index (κ3) is 9.90. The van der Waals surface area contributed by atoms with Crippen LogP contribution >= 0.6 is 0 Å². The summed E-state index contributed by atoms with van der Waals surface area (Å²) in [7, 11) is 0. The average molecular weight is 657 g/mol. The number of nitrogens with zero attached hydrogens (tertiary/aromatic N) is 2. The average Bonchev–Trinajstić information content (AvgIpc) is 3.89. The van der Waals surface area contributed by atoms with Gasteiger partial charge in [0.1, 0.15) is 11.6 Å². The smallest absolute Gasteiger partial charge is 0.422 e. The molecule has 0 unspecified atom stereocenters. The van der Waals surface area contributed by atoms with Crippen molar-refractivity contribution in [1.82, 2.24) is 10.2 Å². The summed E-state index contributed by atoms with van der Waals surface area (Å²) < 4.78 is 63.2. The molecule has 2 fully saturated rings. The fraction of sp³-hybridized carbons (Fsp3) is 0.457. The first-order valence-corrected chi connectivity index (χ1v) is 16.0. The standard InChI is InChI=1S/C35H40F4N4O4/c36-28-9-7-26(8-10-28)25-3-5-27(6-4-25)34(45)43-16-13-23(14-17-43)19-41-20-30-31(40)12-11-29(32(30)47-22-35(37,38)39)33(44)42-15-18-46-21-24-1-2-24/h3,5,7-12,20,23-24H,1-2,4,6,13-19,21-22,40H2,(H,42,44). The molecular weight excluding hydrogens is 616 g/mol. The molecule has 1 aliphatic heterocycles. The third-order valence-corrected chi connectivity index (χ3v) is 8.56. The van der Waals surface area contributed by atoms with E-state index in [4.69, 9.17) is 15.2 Å². The molecule has 1 saturated heterocycles. The Kier molecular flexibility index (Phi) is 11.3. The normalized spacial score (nSPS) is 17.4. The first kappa shape index (κ1) is 34.2. The van der Waals surface area contributed by atoms with Crippen molar-refractivity contribution in [2.24, 2.45) is 16.8 Å². The molecule has 2 aromatic rings. The van der Waals surface area contributed by atoms with E-state index in [0.717, 1.165) is 29.6 Å². The zero-order valence-electron chi connectivity index (χ0n) is 26.2. The van der Waals surface area contributed by atoms with Gasteiger partial charge in [0.05, 0.1) is 17.7 Å². The zero-order chi connectivity index (χ0) is 33.4. The number of nitrogens with two attached hydrogens (primary N) is 1. The van der Waals surface area contributed by atoms with Crippen molar-refractivity contribution in [2.75, 3.05) is 51.7 Å². The minimum absolute atomic E-state index is 0.00477. The molecule has 2 aromatic carbocycles. The highest BCUT2D eigenvalue weighted by Gasteiger charge is 2.31. The van der Waals surface area contributed by atoms with Gasteiger partial charge in [-0.2, -0.15) is 13.2 Å². The predicted octanol–water partition coefficient (Wildman–Crippen LogP) is 5.97. The number of nitrogens with one attached hydrogen (secondary N) is 1. The molecule has 0 atom stereocenters. The summed E-state index contributed by atoms with van der Waals surface area (Å²) in [6, 6.07) is 9.11. The molecule has 47 heavy (non-hydrogen) atoms. The Labute approximate surface area is 271 Å². The monoisotopic (exact) mass is 656 g/mol. The first-order valence-electron chi connectivity index (χ1n) is 16.0. The molecule has 0 spiro atoms. The highest BCUT2D eigenvalue weighted by molar-refractivity contribution is 6.02. The Balaban J connectivity index is 1.16. The number of halogens is 4. The van der Waals surface area contributed by atoms with E-state index in [9.17, 15) is 27.2 Å². The minimum Gasteiger partial charge on any atom is -0.483 e. The zero-order valence-corrected chi connectivity index (χ0v) is 26.2. The highest BCUT2D eigenvalue weighted by atomic mass is 19.4. The summed E-state index contributed by atoms with van der Waals surface area (Å²) in [6.45, 7) is 1.03. The number of hydrogen-bond acceptors (Lipinski definition) is 6. The van der Waals surface area contributed by atoms with E-state index in [-0.39, 0.29) is 46.8 Å². The van der Waals surface area contributed by atoms with Crippen LogP contribution in [-0.2, 0) is 9.53 Å². The maximum Gasteiger partial charge on any atom is 0.422 e. The number of aliphatic imine (C=N–C) groups is 1. The lowest BCUT2D eigenvalue weighted by atomic mass is 9.91. The van der Waals surface area contributed by atoms with Gasteiger partial charge < -0.3 is 25.4 Å². The molecule has 2 amide bonds. The number of carbonyl (C=O) groups is 2. The van der Waals surface area contributed by atoms with Crippen LogP contribution < -0.4 is 15.8 Å². The Morgan fingerprint density at radius 2 is 1.74 bits per heavy atom. The first-order chi connectivity index (χ1) is 22.6. The molecule has 0 radical (unpaired) electrons. The van der Waals surface area contributed by atoms with Crippen molar-refractivity contribution in [3.8, 4) is 5.75 Å². The van der Waals surface area contributed by atoms with Crippen LogP contribution in [0.1, 0.15) is 60.0 Å². The summed E-state index contributed by atoms with van der Waals surface area (Å²) in [5.41, 5.74) is 9.03. The molecule has 1 saturated carbocycles. The summed E-state index contributed by atoms with van der Waals surface area (Å²) in [6.07, 6.45) is 5.53. The second-order valence-corrected chi connectivity index (χ2v) is 12.2. The highest BCUT2D eigenvalue weighted by Crippen LogP contribution is 2.32. The van der Waals surface area contributed by atoms with E-state index in [1.54, 1.807) is 12.1 Å². The number of benzene rings is 2. The molecule has 2 aliphatic carbocycles. The van der Waals surface area contributed by atoms with Crippen molar-refractivity contribution in [1.29, 1.82) is 0 Å². The van der Waals surface area contributed by atoms with Crippen LogP contribution in [0, 0.1) is 17.7 Å². The molecule has 252 valence electrons. The summed E-state index contributed by atoms with van der Waals surface area (Å²) in [5, 5.41) is 2.67. The number of carbonyl (C=O) groups excluding carboxylic acids is 2. The summed E-state index contributed by atoms with van der Waals surface area (Å²) in [4.78, 5) is 32.4. The molecule has 1 heterocycles. The van der Waals surface area contributed by atoms with Crippen LogP contribution in [0.4, 0.5) is 23.2 Å². The third-order valence-electron chi connectivity index (χ3n) is 8.56. The van der Waals surface area contributed by atoms with Crippen molar-refractivity contribution >= 4 is 29.3 Å². The number of nitrogen functional groups attached to an aromatic ring is 1. The quantitative estimate of drug-likeness (QED) is 0.120. The van der Waals surface area contributed by atoms with Gasteiger partial charge in [0, 0.05) is 50.3 Å². The fourth-order valence-corrected chi connectivity index (χ4v) is 5.64. The number of hydrogen-bond donors (Lipinski definition) is 2. The Hall–Kier alpha value is -4.19. The van der Waals surface area contributed by atoms with Crippen molar-refractivity contribution in [2.45, 2.75) is 44.7 Å². The lowest BCUT2D eigenvalue weighted by Crippen LogP contribution is -2.40. The number of amides is 2. The van der Waals surface area contributed by atoms with Crippen LogP contribution in [0.3, 0.4) is 0 Å². The minimum atomic E-state index is -4.62. The van der Waals surface area contributed by atoms with Gasteiger partial charge >= 0.3 is 6.18 Å². The summed E-state index contributed by atoms with van der Waals surface area (Å²) in [5.74, 6) is -0.430. The second-order valence-electron chi connectivity index (χ2n) is 12.2. The number of alkyl halides is 3. The van der Waals surface area contributed by atoms with Crippen LogP contribution in [-0.4, -0.2) is 75.1 Å². The maximum absolute atomic E-state index is 13.3. The van der Waals surface area contributed by atoms with Crippen LogP contribution in [0.2, 0.25) is 0 Å². The van der Waals surface area contributed by atoms with E-state index in [1.807, 2.05) is 17.1 Å². The molecule has 12 heteroatoms. The second kappa shape index (κ2) is 15.6. The van der Waals surface area contributed by atoms with Gasteiger partial charge in [-0.25, -0.2) is 4.39 Å². The fourth-order valence-electron chi connectivity index (χ4n) is 5.64. The summed E-state index contributed by atoms with van der Waals surface area (Å²) >= 11 is 0. The topological polar surface area (TPSA) is 106 Å². The van der Waals surface area contributed by atoms with Crippen LogP contribution in [0.25, 0.3) is 5.57 Å². The number of ether oxygens (including phenoxy) is 2. The van der Waals surface area contributed by atoms with Gasteiger partial charge in [0.25, 0.3) is 5.91 Å². The maximum atomic E-state index is 13.3. The van der Waals surface area contributed by atoms with Gasteiger partial charge in [-0.3, -0.25) is 14.6 Å². The molecule has 3 aliphatic rings. The molecule has 3 N–H and O–H groups in total. The molecule has 0 bridgehead atoms. The largest absolute Gasteiger partial charge is 0.483 e. The Morgan fingerprint density at radius 3 is 2.40 bits per heavy atom. The lowest BCUT2D eigenvalue weighted by Gasteiger charge is -2.32. The van der Waals surface area contributed by atoms with E-state index in [0.29, 0.717) is 64.4 Å². The van der Waals surface area contributed by atoms with Gasteiger partial charge in [-0.15, -0.1) is 0 Å². The van der Waals surface area contributed by atoms with E-state index >= 15 is 0 Å². The van der Waals surface area contributed by atoms with Gasteiger partial charge in [-0.1, -0.05) is 24.3 Å². The SMILES string of the molecule is Nc1ccc(C(=O)NCCOCC2CC2)c(OCC(F)(F)F)c1C=NCC1CCN(C(=O)C2=CC=C(c3ccc(F)cc3)CC2)CC1. The Morgan fingerprint density at radius 1 is 1.00 bits per heavy atom. The van der Waals surface area contributed by atoms with Gasteiger partial charge in [-0.05, 0) is 85.8 Å². The van der Waals surface area contributed by atoms with E-state index < -0.39 is 18.7 Å². The number of anilines is 1. The number of piperidine rings is 1.